The molecule has 0 aliphatic heterocycles. The van der Waals surface area contributed by atoms with E-state index in [9.17, 15) is 13.6 Å². The molecule has 0 heterocycles. The van der Waals surface area contributed by atoms with Gasteiger partial charge in [-0.3, -0.25) is 5.41 Å². The third-order valence-electron chi connectivity index (χ3n) is 2.24. The number of thiol groups is 1. The summed E-state index contributed by atoms with van der Waals surface area (Å²) in [6, 6.07) is -0.934. The minimum Gasteiger partial charge on any atom is -0.479 e. The van der Waals surface area contributed by atoms with E-state index < -0.39 is 29.8 Å². The lowest BCUT2D eigenvalue weighted by atomic mass is 9.88. The minimum atomic E-state index is -3.06. The first-order valence-corrected chi connectivity index (χ1v) is 5.15. The van der Waals surface area contributed by atoms with Crippen LogP contribution in [-0.4, -0.2) is 40.7 Å². The lowest BCUT2D eigenvalue weighted by Gasteiger charge is -2.34. The van der Waals surface area contributed by atoms with Crippen molar-refractivity contribution in [3.05, 3.63) is 0 Å². The molecule has 0 saturated carbocycles. The second-order valence-corrected chi connectivity index (χ2v) is 3.83. The van der Waals surface area contributed by atoms with Crippen LogP contribution in [0.3, 0.4) is 0 Å². The number of rotatable bonds is 6. The van der Waals surface area contributed by atoms with Crippen LogP contribution in [0.4, 0.5) is 8.78 Å². The Labute approximate surface area is 122 Å². The van der Waals surface area contributed by atoms with E-state index in [0.29, 0.717) is 0 Å². The molecule has 0 spiro atoms. The zero-order valence-electron chi connectivity index (χ0n) is 9.52. The van der Waals surface area contributed by atoms with Crippen molar-refractivity contribution < 1.29 is 18.7 Å². The fourth-order valence-electron chi connectivity index (χ4n) is 1.23. The van der Waals surface area contributed by atoms with E-state index in [0.717, 1.165) is 0 Å². The van der Waals surface area contributed by atoms with E-state index >= 15 is 0 Å². The largest absolute Gasteiger partial charge is 0.479 e. The van der Waals surface area contributed by atoms with Crippen molar-refractivity contribution in [1.82, 2.24) is 5.32 Å². The summed E-state index contributed by atoms with van der Waals surface area (Å²) in [6.07, 6.45) is -3.12. The summed E-state index contributed by atoms with van der Waals surface area (Å²) < 4.78 is 24.4. The third kappa shape index (κ3) is 5.55. The minimum absolute atomic E-state index is 0. The molecule has 110 valence electrons. The van der Waals surface area contributed by atoms with Crippen molar-refractivity contribution in [3.8, 4) is 0 Å². The van der Waals surface area contributed by atoms with Gasteiger partial charge in [-0.1, -0.05) is 0 Å². The maximum atomic E-state index is 12.2. The van der Waals surface area contributed by atoms with Crippen molar-refractivity contribution in [2.24, 2.45) is 5.73 Å². The maximum absolute atomic E-state index is 12.2. The lowest BCUT2D eigenvalue weighted by molar-refractivity contribution is -0.145. The highest BCUT2D eigenvalue weighted by molar-refractivity contribution is 7.80. The van der Waals surface area contributed by atoms with Gasteiger partial charge in [-0.25, -0.2) is 13.6 Å². The van der Waals surface area contributed by atoms with Crippen molar-refractivity contribution in [3.63, 3.8) is 0 Å². The molecule has 0 aromatic carbocycles. The van der Waals surface area contributed by atoms with Gasteiger partial charge in [0.25, 0.3) is 6.43 Å². The standard InChI is InChI=1S/C8H15F2N3O2S.2ClH/c1-4(11)8(2-3-16,7(14)15)13-6(12)5(9)10;;/h4-5,16H,2-3,11H2,1H3,(H2,12,13)(H,14,15);2*1H/t4?,8-;;/m0../s1. The number of nitrogens with two attached hydrogens (primary N) is 1. The van der Waals surface area contributed by atoms with E-state index in [1.54, 1.807) is 0 Å². The molecule has 2 atom stereocenters. The Hall–Kier alpha value is -0.310. The summed E-state index contributed by atoms with van der Waals surface area (Å²) in [7, 11) is 0. The Bertz CT molecular complexity index is 285. The Balaban J connectivity index is -0.00000112. The number of alkyl halides is 2. The van der Waals surface area contributed by atoms with Crippen molar-refractivity contribution in [2.45, 2.75) is 31.4 Å². The molecule has 0 aromatic rings. The first kappa shape index (κ1) is 22.8. The summed E-state index contributed by atoms with van der Waals surface area (Å²) in [6.45, 7) is 1.38. The van der Waals surface area contributed by atoms with E-state index in [-0.39, 0.29) is 37.0 Å². The normalized spacial score (nSPS) is 14.8. The Morgan fingerprint density at radius 1 is 1.56 bits per heavy atom. The van der Waals surface area contributed by atoms with E-state index in [1.807, 2.05) is 5.32 Å². The number of hydrogen-bond acceptors (Lipinski definition) is 4. The second kappa shape index (κ2) is 9.60. The summed E-state index contributed by atoms with van der Waals surface area (Å²) in [4.78, 5) is 11.1. The summed E-state index contributed by atoms with van der Waals surface area (Å²) in [5.41, 5.74) is 3.71. The van der Waals surface area contributed by atoms with Crippen LogP contribution >= 0.6 is 37.4 Å². The average molecular weight is 328 g/mol. The fraction of sp³-hybridized carbons (Fsp3) is 0.750. The van der Waals surface area contributed by atoms with E-state index in [4.69, 9.17) is 16.2 Å². The van der Waals surface area contributed by atoms with Gasteiger partial charge in [0, 0.05) is 6.04 Å². The number of aliphatic carboxylic acids is 1. The number of nitrogens with one attached hydrogen (secondary N) is 2. The van der Waals surface area contributed by atoms with Gasteiger partial charge < -0.3 is 16.2 Å². The van der Waals surface area contributed by atoms with E-state index in [1.165, 1.54) is 6.92 Å². The molecular weight excluding hydrogens is 311 g/mol. The first-order chi connectivity index (χ1) is 7.27. The Kier molecular flexibility index (Phi) is 12.2. The molecule has 0 rings (SSSR count). The molecule has 1 unspecified atom stereocenters. The van der Waals surface area contributed by atoms with Crippen LogP contribution in [0.1, 0.15) is 13.3 Å². The molecule has 0 aromatic heterocycles. The summed E-state index contributed by atoms with van der Waals surface area (Å²) >= 11 is 3.86. The molecule has 0 radical (unpaired) electrons. The third-order valence-corrected chi connectivity index (χ3v) is 2.46. The first-order valence-electron chi connectivity index (χ1n) is 4.52. The van der Waals surface area contributed by atoms with Gasteiger partial charge in [0.15, 0.2) is 11.4 Å². The van der Waals surface area contributed by atoms with Gasteiger partial charge in [0.1, 0.15) is 0 Å². The molecule has 0 aliphatic carbocycles. The molecule has 5 nitrogen and oxygen atoms in total. The van der Waals surface area contributed by atoms with Gasteiger partial charge in [0.05, 0.1) is 0 Å². The molecule has 0 saturated heterocycles. The number of carbonyl (C=O) groups is 1. The predicted molar refractivity (Wildman–Crippen MR) is 73.8 cm³/mol. The molecule has 10 heteroatoms. The van der Waals surface area contributed by atoms with Crippen LogP contribution in [0.25, 0.3) is 0 Å². The second-order valence-electron chi connectivity index (χ2n) is 3.38. The number of carboxylic acids is 1. The molecule has 0 amide bonds. The number of carboxylic acid groups (broad SMARTS) is 1. The van der Waals surface area contributed by atoms with Gasteiger partial charge in [-0.05, 0) is 19.1 Å². The van der Waals surface area contributed by atoms with Gasteiger partial charge in [-0.2, -0.15) is 12.6 Å². The molecule has 0 fully saturated rings. The molecule has 0 bridgehead atoms. The Morgan fingerprint density at radius 2 is 2.00 bits per heavy atom. The number of hydrogen-bond donors (Lipinski definition) is 5. The topological polar surface area (TPSA) is 99.2 Å². The quantitative estimate of drug-likeness (QED) is 0.287. The van der Waals surface area contributed by atoms with Crippen LogP contribution in [0.15, 0.2) is 0 Å². The summed E-state index contributed by atoms with van der Waals surface area (Å²) in [5.74, 6) is -2.37. The van der Waals surface area contributed by atoms with Crippen molar-refractivity contribution in [1.29, 1.82) is 5.41 Å². The predicted octanol–water partition coefficient (Wildman–Crippen LogP) is 1.15. The zero-order valence-corrected chi connectivity index (χ0v) is 12.0. The van der Waals surface area contributed by atoms with Gasteiger partial charge >= 0.3 is 5.97 Å². The van der Waals surface area contributed by atoms with Crippen LogP contribution in [0, 0.1) is 5.41 Å². The highest BCUT2D eigenvalue weighted by Crippen LogP contribution is 2.17. The number of amidine groups is 1. The number of halogens is 4. The van der Waals surface area contributed by atoms with E-state index in [2.05, 4.69) is 12.6 Å². The molecule has 18 heavy (non-hydrogen) atoms. The SMILES string of the molecule is CC(N)[C@](CCS)(NC(=N)C(F)F)C(=O)O.Cl.Cl. The fourth-order valence-corrected chi connectivity index (χ4v) is 1.58. The average Bonchev–Trinajstić information content (AvgIpc) is 2.15. The van der Waals surface area contributed by atoms with Crippen LogP contribution < -0.4 is 11.1 Å². The molecule has 5 N–H and O–H groups in total. The monoisotopic (exact) mass is 327 g/mol. The van der Waals surface area contributed by atoms with Gasteiger partial charge in [0.2, 0.25) is 0 Å². The summed E-state index contributed by atoms with van der Waals surface area (Å²) in [5, 5.41) is 18.0. The van der Waals surface area contributed by atoms with Crippen LogP contribution in [0.5, 0.6) is 0 Å². The molecule has 0 aliphatic rings. The zero-order chi connectivity index (χ0) is 12.9. The smallest absolute Gasteiger partial charge is 0.331 e. The van der Waals surface area contributed by atoms with Crippen LogP contribution in [0.2, 0.25) is 0 Å². The van der Waals surface area contributed by atoms with Gasteiger partial charge in [-0.15, -0.1) is 24.8 Å². The van der Waals surface area contributed by atoms with Crippen LogP contribution in [-0.2, 0) is 4.79 Å². The van der Waals surface area contributed by atoms with Crippen molar-refractivity contribution >= 4 is 49.2 Å². The van der Waals surface area contributed by atoms with Crippen molar-refractivity contribution in [2.75, 3.05) is 5.75 Å². The highest BCUT2D eigenvalue weighted by atomic mass is 35.5. The highest BCUT2D eigenvalue weighted by Gasteiger charge is 2.43. The lowest BCUT2D eigenvalue weighted by Crippen LogP contribution is -2.65. The maximum Gasteiger partial charge on any atom is 0.331 e. The Morgan fingerprint density at radius 3 is 2.22 bits per heavy atom. The molecular formula is C8H17Cl2F2N3O2S.